The fourth-order valence-corrected chi connectivity index (χ4v) is 3.25. The molecule has 0 heterocycles. The number of nitrogens with one attached hydrogen (secondary N) is 1. The minimum Gasteiger partial charge on any atom is -0.392 e. The van der Waals surface area contributed by atoms with E-state index in [1.807, 2.05) is 0 Å². The number of hydrogen-bond acceptors (Lipinski definition) is 3. The SMILES string of the molecule is C[C@@H](O)CNS(=O)(=O)c1ccccc1-c1ccccc1F. The van der Waals surface area contributed by atoms with Gasteiger partial charge in [0.25, 0.3) is 0 Å². The molecule has 2 aromatic carbocycles. The van der Waals surface area contributed by atoms with E-state index < -0.39 is 21.9 Å². The number of halogens is 1. The normalized spacial score (nSPS) is 13.1. The van der Waals surface area contributed by atoms with Gasteiger partial charge in [-0.15, -0.1) is 0 Å². The first-order chi connectivity index (χ1) is 9.92. The maximum atomic E-state index is 13.9. The van der Waals surface area contributed by atoms with Crippen LogP contribution in [-0.2, 0) is 10.0 Å². The highest BCUT2D eigenvalue weighted by Gasteiger charge is 2.20. The minimum atomic E-state index is -3.83. The molecular weight excluding hydrogens is 293 g/mol. The predicted octanol–water partition coefficient (Wildman–Crippen LogP) is 2.15. The monoisotopic (exact) mass is 309 g/mol. The van der Waals surface area contributed by atoms with E-state index in [1.54, 1.807) is 30.3 Å². The van der Waals surface area contributed by atoms with E-state index in [1.165, 1.54) is 25.1 Å². The quantitative estimate of drug-likeness (QED) is 0.889. The molecule has 0 saturated carbocycles. The summed E-state index contributed by atoms with van der Waals surface area (Å²) in [5, 5.41) is 9.21. The van der Waals surface area contributed by atoms with Crippen LogP contribution in [0.15, 0.2) is 53.4 Å². The van der Waals surface area contributed by atoms with Crippen molar-refractivity contribution in [3.63, 3.8) is 0 Å². The van der Waals surface area contributed by atoms with Crippen LogP contribution in [0.2, 0.25) is 0 Å². The lowest BCUT2D eigenvalue weighted by Crippen LogP contribution is -2.31. The summed E-state index contributed by atoms with van der Waals surface area (Å²) in [6.07, 6.45) is -0.805. The molecule has 6 heteroatoms. The molecule has 0 unspecified atom stereocenters. The van der Waals surface area contributed by atoms with E-state index in [9.17, 15) is 17.9 Å². The Morgan fingerprint density at radius 1 is 1.10 bits per heavy atom. The van der Waals surface area contributed by atoms with E-state index in [4.69, 9.17) is 0 Å². The lowest BCUT2D eigenvalue weighted by atomic mass is 10.1. The largest absolute Gasteiger partial charge is 0.392 e. The number of aliphatic hydroxyl groups excluding tert-OH is 1. The maximum absolute atomic E-state index is 13.9. The van der Waals surface area contributed by atoms with Crippen LogP contribution in [0.25, 0.3) is 11.1 Å². The molecule has 2 aromatic rings. The van der Waals surface area contributed by atoms with Crippen molar-refractivity contribution in [1.82, 2.24) is 4.72 Å². The highest BCUT2D eigenvalue weighted by Crippen LogP contribution is 2.29. The van der Waals surface area contributed by atoms with Crippen molar-refractivity contribution in [2.24, 2.45) is 0 Å². The number of hydrogen-bond donors (Lipinski definition) is 2. The topological polar surface area (TPSA) is 66.4 Å². The first-order valence-electron chi connectivity index (χ1n) is 6.43. The molecule has 0 radical (unpaired) electrons. The third-order valence-corrected chi connectivity index (χ3v) is 4.39. The van der Waals surface area contributed by atoms with Gasteiger partial charge in [0.2, 0.25) is 10.0 Å². The third-order valence-electron chi connectivity index (χ3n) is 2.91. The maximum Gasteiger partial charge on any atom is 0.241 e. The molecule has 0 spiro atoms. The molecule has 0 fully saturated rings. The first kappa shape index (κ1) is 15.6. The predicted molar refractivity (Wildman–Crippen MR) is 78.7 cm³/mol. The van der Waals surface area contributed by atoms with Gasteiger partial charge in [-0.25, -0.2) is 17.5 Å². The molecule has 2 rings (SSSR count). The van der Waals surface area contributed by atoms with Crippen LogP contribution in [0.3, 0.4) is 0 Å². The van der Waals surface area contributed by atoms with Crippen LogP contribution >= 0.6 is 0 Å². The van der Waals surface area contributed by atoms with Gasteiger partial charge in [0.15, 0.2) is 0 Å². The average Bonchev–Trinajstić information content (AvgIpc) is 2.46. The van der Waals surface area contributed by atoms with Crippen molar-refractivity contribution in [2.45, 2.75) is 17.9 Å². The van der Waals surface area contributed by atoms with E-state index in [0.29, 0.717) is 0 Å². The molecule has 0 saturated heterocycles. The second-order valence-electron chi connectivity index (χ2n) is 4.68. The number of sulfonamides is 1. The van der Waals surface area contributed by atoms with Crippen molar-refractivity contribution in [1.29, 1.82) is 0 Å². The molecule has 0 amide bonds. The molecule has 0 aliphatic rings. The highest BCUT2D eigenvalue weighted by atomic mass is 32.2. The van der Waals surface area contributed by atoms with Gasteiger partial charge < -0.3 is 5.11 Å². The summed E-state index contributed by atoms with van der Waals surface area (Å²) in [5.41, 5.74) is 0.504. The van der Waals surface area contributed by atoms with Crippen LogP contribution in [0.4, 0.5) is 4.39 Å². The van der Waals surface area contributed by atoms with E-state index in [2.05, 4.69) is 4.72 Å². The van der Waals surface area contributed by atoms with Crippen molar-refractivity contribution in [3.05, 3.63) is 54.3 Å². The summed E-state index contributed by atoms with van der Waals surface area (Å²) in [4.78, 5) is -0.0178. The van der Waals surface area contributed by atoms with Gasteiger partial charge in [0, 0.05) is 17.7 Å². The second-order valence-corrected chi connectivity index (χ2v) is 6.41. The van der Waals surface area contributed by atoms with Gasteiger partial charge in [-0.2, -0.15) is 0 Å². The Morgan fingerprint density at radius 2 is 1.67 bits per heavy atom. The molecule has 1 atom stereocenters. The van der Waals surface area contributed by atoms with Crippen LogP contribution in [0.5, 0.6) is 0 Å². The standard InChI is InChI=1S/C15H16FNO3S/c1-11(18)10-17-21(19,20)15-9-5-3-7-13(15)12-6-2-4-8-14(12)16/h2-9,11,17-18H,10H2,1H3/t11-/m1/s1. The average molecular weight is 309 g/mol. The molecule has 4 nitrogen and oxygen atoms in total. The lowest BCUT2D eigenvalue weighted by molar-refractivity contribution is 0.198. The summed E-state index contributed by atoms with van der Waals surface area (Å²) in [5.74, 6) is -0.490. The van der Waals surface area contributed by atoms with Crippen LogP contribution < -0.4 is 4.72 Å². The molecule has 0 aliphatic heterocycles. The lowest BCUT2D eigenvalue weighted by Gasteiger charge is -2.13. The minimum absolute atomic E-state index is 0.0178. The molecule has 0 aromatic heterocycles. The van der Waals surface area contributed by atoms with Crippen molar-refractivity contribution in [2.75, 3.05) is 6.54 Å². The number of rotatable bonds is 5. The zero-order chi connectivity index (χ0) is 15.5. The van der Waals surface area contributed by atoms with Crippen LogP contribution in [-0.4, -0.2) is 26.2 Å². The van der Waals surface area contributed by atoms with Gasteiger partial charge in [-0.3, -0.25) is 0 Å². The Balaban J connectivity index is 2.50. The fourth-order valence-electron chi connectivity index (χ4n) is 1.91. The Labute approximate surface area is 123 Å². The van der Waals surface area contributed by atoms with Crippen molar-refractivity contribution < 1.29 is 17.9 Å². The number of benzene rings is 2. The molecule has 2 N–H and O–H groups in total. The molecule has 21 heavy (non-hydrogen) atoms. The molecule has 0 bridgehead atoms. The summed E-state index contributed by atoms with van der Waals surface area (Å²) in [7, 11) is -3.83. The third kappa shape index (κ3) is 3.66. The smallest absolute Gasteiger partial charge is 0.241 e. The highest BCUT2D eigenvalue weighted by molar-refractivity contribution is 7.89. The van der Waals surface area contributed by atoms with E-state index in [0.717, 1.165) is 0 Å². The number of aliphatic hydroxyl groups is 1. The van der Waals surface area contributed by atoms with Crippen LogP contribution in [0.1, 0.15) is 6.92 Å². The Kier molecular flexibility index (Phi) is 4.72. The van der Waals surface area contributed by atoms with Gasteiger partial charge in [-0.05, 0) is 19.1 Å². The summed E-state index contributed by atoms with van der Waals surface area (Å²) in [6.45, 7) is 1.37. The molecule has 112 valence electrons. The molecule has 0 aliphatic carbocycles. The van der Waals surface area contributed by atoms with E-state index in [-0.39, 0.29) is 22.6 Å². The van der Waals surface area contributed by atoms with Gasteiger partial charge in [-0.1, -0.05) is 36.4 Å². The van der Waals surface area contributed by atoms with Gasteiger partial charge in [0.1, 0.15) is 5.82 Å². The summed E-state index contributed by atoms with van der Waals surface area (Å²) >= 11 is 0. The Bertz CT molecular complexity index is 729. The summed E-state index contributed by atoms with van der Waals surface area (Å²) in [6, 6.07) is 12.2. The van der Waals surface area contributed by atoms with E-state index >= 15 is 0 Å². The zero-order valence-corrected chi connectivity index (χ0v) is 12.3. The fraction of sp³-hybridized carbons (Fsp3) is 0.200. The second kappa shape index (κ2) is 6.34. The van der Waals surface area contributed by atoms with Crippen molar-refractivity contribution >= 4 is 10.0 Å². The van der Waals surface area contributed by atoms with Crippen LogP contribution in [0, 0.1) is 5.82 Å². The van der Waals surface area contributed by atoms with Gasteiger partial charge in [0.05, 0.1) is 11.0 Å². The zero-order valence-electron chi connectivity index (χ0n) is 11.5. The summed E-state index contributed by atoms with van der Waals surface area (Å²) < 4.78 is 40.8. The Hall–Kier alpha value is -1.76. The molecular formula is C15H16FNO3S. The van der Waals surface area contributed by atoms with Gasteiger partial charge >= 0.3 is 0 Å². The van der Waals surface area contributed by atoms with Crippen molar-refractivity contribution in [3.8, 4) is 11.1 Å². The first-order valence-corrected chi connectivity index (χ1v) is 7.92. The Morgan fingerprint density at radius 3 is 2.29 bits per heavy atom.